The number of hydrogen-bond acceptors (Lipinski definition) is 7. The Hall–Kier alpha value is -1.05. The number of anilines is 1. The molecule has 1 aliphatic rings. The Morgan fingerprint density at radius 2 is 2.11 bits per heavy atom. The van der Waals surface area contributed by atoms with Crippen molar-refractivity contribution in [3.8, 4) is 10.7 Å². The topological polar surface area (TPSA) is 67.9 Å². The molecule has 3 heterocycles. The lowest BCUT2D eigenvalue weighted by Crippen LogP contribution is -2.21. The van der Waals surface area contributed by atoms with Gasteiger partial charge in [0, 0.05) is 18.3 Å². The molecule has 1 aliphatic heterocycles. The van der Waals surface area contributed by atoms with Crippen molar-refractivity contribution < 1.29 is 0 Å². The first-order chi connectivity index (χ1) is 8.81. The molecule has 0 aromatic carbocycles. The average molecular weight is 281 g/mol. The maximum absolute atomic E-state index is 5.58. The third kappa shape index (κ3) is 2.68. The molecule has 0 amide bonds. The summed E-state index contributed by atoms with van der Waals surface area (Å²) in [7, 11) is 0. The van der Waals surface area contributed by atoms with Crippen molar-refractivity contribution >= 4 is 27.8 Å². The van der Waals surface area contributed by atoms with Gasteiger partial charge in [0.05, 0.1) is 5.01 Å². The van der Waals surface area contributed by atoms with Crippen molar-refractivity contribution in [3.05, 3.63) is 10.4 Å². The van der Waals surface area contributed by atoms with Crippen LogP contribution >= 0.6 is 22.7 Å². The smallest absolute Gasteiger partial charge is 0.203 e. The highest BCUT2D eigenvalue weighted by molar-refractivity contribution is 7.18. The van der Waals surface area contributed by atoms with Crippen LogP contribution < -0.4 is 5.73 Å². The van der Waals surface area contributed by atoms with E-state index < -0.39 is 0 Å². The maximum atomic E-state index is 5.58. The lowest BCUT2D eigenvalue weighted by atomic mass is 10.4. The molecule has 0 unspecified atom stereocenters. The second-order valence-electron chi connectivity index (χ2n) is 4.37. The van der Waals surface area contributed by atoms with Crippen molar-refractivity contribution in [2.24, 2.45) is 0 Å². The number of rotatable bonds is 4. The van der Waals surface area contributed by atoms with Gasteiger partial charge in [0.1, 0.15) is 5.69 Å². The van der Waals surface area contributed by atoms with Crippen LogP contribution in [0.5, 0.6) is 0 Å². The zero-order valence-electron chi connectivity index (χ0n) is 10.0. The molecule has 0 spiro atoms. The maximum Gasteiger partial charge on any atom is 0.203 e. The highest BCUT2D eigenvalue weighted by Crippen LogP contribution is 2.26. The Labute approximate surface area is 114 Å². The number of nitrogen functional groups attached to an aromatic ring is 1. The van der Waals surface area contributed by atoms with Crippen molar-refractivity contribution in [1.82, 2.24) is 20.1 Å². The molecule has 0 saturated carbocycles. The molecule has 0 radical (unpaired) electrons. The van der Waals surface area contributed by atoms with Crippen molar-refractivity contribution in [1.29, 1.82) is 0 Å². The van der Waals surface area contributed by atoms with E-state index in [2.05, 4.69) is 20.1 Å². The monoisotopic (exact) mass is 281 g/mol. The molecular weight excluding hydrogens is 266 g/mol. The molecule has 2 N–H and O–H groups in total. The molecule has 0 aliphatic carbocycles. The van der Waals surface area contributed by atoms with Gasteiger partial charge in [-0.3, -0.25) is 0 Å². The fourth-order valence-electron chi connectivity index (χ4n) is 2.12. The summed E-state index contributed by atoms with van der Waals surface area (Å²) >= 11 is 3.08. The van der Waals surface area contributed by atoms with E-state index in [-0.39, 0.29) is 0 Å². The molecule has 2 aromatic heterocycles. The zero-order chi connectivity index (χ0) is 12.4. The standard InChI is InChI=1S/C11H15N5S2/c12-11-15-14-10(18-11)8-7-17-9(13-8)3-6-16-4-1-2-5-16/h7H,1-6H2,(H2,12,15). The first-order valence-corrected chi connectivity index (χ1v) is 7.77. The van der Waals surface area contributed by atoms with Gasteiger partial charge < -0.3 is 10.6 Å². The quantitative estimate of drug-likeness (QED) is 0.926. The largest absolute Gasteiger partial charge is 0.374 e. The lowest BCUT2D eigenvalue weighted by molar-refractivity contribution is 0.343. The summed E-state index contributed by atoms with van der Waals surface area (Å²) in [5.74, 6) is 0. The molecule has 18 heavy (non-hydrogen) atoms. The van der Waals surface area contributed by atoms with Gasteiger partial charge in [0.2, 0.25) is 5.13 Å². The minimum atomic E-state index is 0.497. The van der Waals surface area contributed by atoms with Crippen LogP contribution in [0.4, 0.5) is 5.13 Å². The van der Waals surface area contributed by atoms with Crippen molar-refractivity contribution in [3.63, 3.8) is 0 Å². The first-order valence-electron chi connectivity index (χ1n) is 6.07. The van der Waals surface area contributed by atoms with Gasteiger partial charge in [-0.15, -0.1) is 21.5 Å². The van der Waals surface area contributed by atoms with E-state index in [0.717, 1.165) is 23.7 Å². The number of hydrogen-bond donors (Lipinski definition) is 1. The van der Waals surface area contributed by atoms with Gasteiger partial charge in [-0.2, -0.15) is 0 Å². The van der Waals surface area contributed by atoms with E-state index in [0.29, 0.717) is 5.13 Å². The van der Waals surface area contributed by atoms with Crippen LogP contribution in [0.3, 0.4) is 0 Å². The number of thiazole rings is 1. The van der Waals surface area contributed by atoms with E-state index >= 15 is 0 Å². The summed E-state index contributed by atoms with van der Waals surface area (Å²) in [6, 6.07) is 0. The SMILES string of the molecule is Nc1nnc(-c2csc(CCN3CCCC3)n2)s1. The summed E-state index contributed by atoms with van der Waals surface area (Å²) in [5.41, 5.74) is 6.49. The van der Waals surface area contributed by atoms with Gasteiger partial charge in [0.25, 0.3) is 0 Å². The molecule has 1 saturated heterocycles. The molecule has 7 heteroatoms. The van der Waals surface area contributed by atoms with Gasteiger partial charge >= 0.3 is 0 Å². The molecule has 2 aromatic rings. The highest BCUT2D eigenvalue weighted by atomic mass is 32.1. The highest BCUT2D eigenvalue weighted by Gasteiger charge is 2.13. The minimum absolute atomic E-state index is 0.497. The van der Waals surface area contributed by atoms with Crippen LogP contribution in [0.15, 0.2) is 5.38 Å². The van der Waals surface area contributed by atoms with Gasteiger partial charge in [-0.05, 0) is 25.9 Å². The van der Waals surface area contributed by atoms with E-state index in [1.807, 2.05) is 5.38 Å². The van der Waals surface area contributed by atoms with E-state index in [1.165, 1.54) is 42.3 Å². The van der Waals surface area contributed by atoms with Crippen molar-refractivity contribution in [2.45, 2.75) is 19.3 Å². The molecule has 0 atom stereocenters. The third-order valence-corrected chi connectivity index (χ3v) is 4.74. The summed E-state index contributed by atoms with van der Waals surface area (Å²) in [6.45, 7) is 3.60. The lowest BCUT2D eigenvalue weighted by Gasteiger charge is -2.12. The number of aromatic nitrogens is 3. The van der Waals surface area contributed by atoms with Crippen LogP contribution in [-0.2, 0) is 6.42 Å². The number of likely N-dealkylation sites (tertiary alicyclic amines) is 1. The predicted molar refractivity (Wildman–Crippen MR) is 74.8 cm³/mol. The second-order valence-corrected chi connectivity index (χ2v) is 6.32. The summed E-state index contributed by atoms with van der Waals surface area (Å²) < 4.78 is 0. The molecule has 3 rings (SSSR count). The summed E-state index contributed by atoms with van der Waals surface area (Å²) in [5, 5.41) is 12.4. The Morgan fingerprint density at radius 1 is 1.28 bits per heavy atom. The van der Waals surface area contributed by atoms with Crippen LogP contribution in [0.2, 0.25) is 0 Å². The Morgan fingerprint density at radius 3 is 2.83 bits per heavy atom. The fraction of sp³-hybridized carbons (Fsp3) is 0.545. The van der Waals surface area contributed by atoms with Crippen LogP contribution in [0.25, 0.3) is 10.7 Å². The minimum Gasteiger partial charge on any atom is -0.374 e. The molecular formula is C11H15N5S2. The van der Waals surface area contributed by atoms with Gasteiger partial charge in [-0.1, -0.05) is 11.3 Å². The van der Waals surface area contributed by atoms with Gasteiger partial charge in [-0.25, -0.2) is 4.98 Å². The number of nitrogens with zero attached hydrogens (tertiary/aromatic N) is 4. The zero-order valence-corrected chi connectivity index (χ0v) is 11.6. The normalized spacial score (nSPS) is 16.4. The first kappa shape index (κ1) is 12.0. The van der Waals surface area contributed by atoms with Crippen molar-refractivity contribution in [2.75, 3.05) is 25.4 Å². The van der Waals surface area contributed by atoms with E-state index in [9.17, 15) is 0 Å². The Bertz CT molecular complexity index is 515. The van der Waals surface area contributed by atoms with E-state index in [4.69, 9.17) is 5.73 Å². The molecule has 1 fully saturated rings. The predicted octanol–water partition coefficient (Wildman–Crippen LogP) is 1.88. The molecule has 96 valence electrons. The van der Waals surface area contributed by atoms with Crippen LogP contribution in [0.1, 0.15) is 17.8 Å². The van der Waals surface area contributed by atoms with Crippen LogP contribution in [-0.4, -0.2) is 39.7 Å². The Balaban J connectivity index is 1.62. The average Bonchev–Trinajstić information content (AvgIpc) is 3.07. The summed E-state index contributed by atoms with van der Waals surface area (Å²) in [4.78, 5) is 7.10. The second kappa shape index (κ2) is 5.29. The third-order valence-electron chi connectivity index (χ3n) is 3.05. The Kier molecular flexibility index (Phi) is 3.53. The fourth-order valence-corrected chi connectivity index (χ4v) is 3.54. The molecule has 0 bridgehead atoms. The number of nitrogens with two attached hydrogens (primary N) is 1. The summed E-state index contributed by atoms with van der Waals surface area (Å²) in [6.07, 6.45) is 3.71. The van der Waals surface area contributed by atoms with Gasteiger partial charge in [0.15, 0.2) is 5.01 Å². The molecule has 5 nitrogen and oxygen atoms in total. The van der Waals surface area contributed by atoms with Crippen LogP contribution in [0, 0.1) is 0 Å². The van der Waals surface area contributed by atoms with E-state index in [1.54, 1.807) is 11.3 Å².